The third-order valence-corrected chi connectivity index (χ3v) is 12.1. The molecule has 0 aromatic rings. The maximum atomic E-state index is 13.0. The molecule has 30 nitrogen and oxygen atoms in total. The Labute approximate surface area is 379 Å². The summed E-state index contributed by atoms with van der Waals surface area (Å²) in [5.74, 6) is -6.97. The molecule has 18 N–H and O–H groups in total. The Morgan fingerprint density at radius 2 is 1.13 bits per heavy atom. The number of amides is 2. The molecule has 0 spiro atoms. The quantitative estimate of drug-likeness (QED) is 0.0643. The van der Waals surface area contributed by atoms with E-state index in [1.165, 1.54) is 6.92 Å². The van der Waals surface area contributed by atoms with Crippen LogP contribution in [-0.2, 0) is 57.0 Å². The highest BCUT2D eigenvalue weighted by atomic mass is 16.8. The summed E-state index contributed by atoms with van der Waals surface area (Å²) in [5, 5.41) is 175. The molecule has 0 aliphatic carbocycles. The summed E-state index contributed by atoms with van der Waals surface area (Å²) >= 11 is 0. The van der Waals surface area contributed by atoms with Crippen molar-refractivity contribution in [3.63, 3.8) is 0 Å². The number of aliphatic hydroxyl groups is 15. The Hall–Kier alpha value is -2.55. The van der Waals surface area contributed by atoms with Gasteiger partial charge in [0.15, 0.2) is 25.2 Å². The third kappa shape index (κ3) is 11.8. The van der Waals surface area contributed by atoms with E-state index in [0.717, 1.165) is 13.8 Å². The normalized spacial score (nSPS) is 47.1. The number of rotatable bonds is 17. The van der Waals surface area contributed by atoms with Gasteiger partial charge in [-0.05, 0) is 6.92 Å². The second-order valence-electron chi connectivity index (χ2n) is 16.8. The third-order valence-electron chi connectivity index (χ3n) is 12.1. The molecule has 5 fully saturated rings. The van der Waals surface area contributed by atoms with E-state index >= 15 is 0 Å². The molecule has 30 heteroatoms. The lowest BCUT2D eigenvalue weighted by atomic mass is 9.88. The van der Waals surface area contributed by atoms with Crippen molar-refractivity contribution in [1.29, 1.82) is 0 Å². The lowest BCUT2D eigenvalue weighted by Crippen LogP contribution is -2.72. The van der Waals surface area contributed by atoms with Gasteiger partial charge in [0.1, 0.15) is 110 Å². The van der Waals surface area contributed by atoms with Crippen LogP contribution in [0.25, 0.3) is 0 Å². The van der Waals surface area contributed by atoms with Crippen LogP contribution in [0, 0.1) is 0 Å². The zero-order valence-corrected chi connectivity index (χ0v) is 36.0. The molecule has 67 heavy (non-hydrogen) atoms. The maximum absolute atomic E-state index is 13.0. The smallest absolute Gasteiger partial charge is 0.364 e. The molecule has 0 radical (unpaired) electrons. The molecule has 388 valence electrons. The van der Waals surface area contributed by atoms with Crippen molar-refractivity contribution in [3.05, 3.63) is 0 Å². The minimum absolute atomic E-state index is 0.817. The fourth-order valence-corrected chi connectivity index (χ4v) is 8.47. The van der Waals surface area contributed by atoms with Gasteiger partial charge >= 0.3 is 5.97 Å². The monoisotopic (exact) mass is 982 g/mol. The summed E-state index contributed by atoms with van der Waals surface area (Å²) in [6, 6.07) is -3.47. The number of ether oxygens (including phenoxy) is 9. The largest absolute Gasteiger partial charge is 0.477 e. The van der Waals surface area contributed by atoms with E-state index in [0.29, 0.717) is 0 Å². The van der Waals surface area contributed by atoms with Gasteiger partial charge in [0.25, 0.3) is 5.79 Å². The lowest BCUT2D eigenvalue weighted by molar-refractivity contribution is -0.396. The molecule has 0 aromatic heterocycles. The molecule has 0 aromatic carbocycles. The molecule has 0 bridgehead atoms. The van der Waals surface area contributed by atoms with Gasteiger partial charge in [-0.1, -0.05) is 0 Å². The molecule has 5 rings (SSSR count). The van der Waals surface area contributed by atoms with Crippen molar-refractivity contribution in [3.8, 4) is 0 Å². The van der Waals surface area contributed by atoms with E-state index in [1.54, 1.807) is 0 Å². The van der Waals surface area contributed by atoms with Gasteiger partial charge in [0.2, 0.25) is 11.8 Å². The number of hydrogen-bond donors (Lipinski definition) is 18. The predicted octanol–water partition coefficient (Wildman–Crippen LogP) is -11.4. The van der Waals surface area contributed by atoms with E-state index in [2.05, 4.69) is 10.6 Å². The van der Waals surface area contributed by atoms with Crippen molar-refractivity contribution in [1.82, 2.24) is 10.6 Å². The number of hydrogen-bond acceptors (Lipinski definition) is 27. The molecule has 5 heterocycles. The summed E-state index contributed by atoms with van der Waals surface area (Å²) in [6.07, 6.45) is -46.7. The standard InChI is InChI=1S/C37H62N2O28/c1-9-19(48)23(52)24(53)34(59-9)64-29-18(39-11(3)45)33(65-30-21(50)14(6-41)60-32(56)25(30)54)62-16(8-43)27(29)63-35-26(55)31(22(51)15(7-42)61-35)67-37(36(57)58)4-12(46)17(38-10(2)44)28(66-37)20(49)13(47)5-40/h9,12-35,40-43,46-56H,4-8H2,1-3H3,(H,38,44)(H,39,45)(H,57,58)/t9-,12+,13-,14-,15-,16-,17-,18-,19-,20-,21+,22+,23+,24-,25-,26-,27-,28-,29-,30+,31+,32-,33+,34-,35+,37+/m1/s1. The molecule has 5 aliphatic heterocycles. The van der Waals surface area contributed by atoms with Crippen LogP contribution in [0.3, 0.4) is 0 Å². The second kappa shape index (κ2) is 23.1. The fourth-order valence-electron chi connectivity index (χ4n) is 8.47. The minimum atomic E-state index is -3.20. The van der Waals surface area contributed by atoms with Crippen LogP contribution in [0.5, 0.6) is 0 Å². The van der Waals surface area contributed by atoms with Crippen LogP contribution in [0.1, 0.15) is 27.2 Å². The van der Waals surface area contributed by atoms with Gasteiger partial charge < -0.3 is 135 Å². The van der Waals surface area contributed by atoms with Crippen molar-refractivity contribution in [2.45, 2.75) is 186 Å². The van der Waals surface area contributed by atoms with Crippen LogP contribution < -0.4 is 10.6 Å². The topological polar surface area (TPSA) is 482 Å². The van der Waals surface area contributed by atoms with Crippen LogP contribution in [0.2, 0.25) is 0 Å². The molecule has 5 aliphatic rings. The van der Waals surface area contributed by atoms with Crippen molar-refractivity contribution >= 4 is 17.8 Å². The molecular weight excluding hydrogens is 920 g/mol. The number of nitrogens with one attached hydrogen (secondary N) is 2. The van der Waals surface area contributed by atoms with E-state index in [9.17, 15) is 96.1 Å². The predicted molar refractivity (Wildman–Crippen MR) is 206 cm³/mol. The zero-order valence-electron chi connectivity index (χ0n) is 36.0. The SMILES string of the molecule is CC(=O)N[C@H]1[C@H](O[C@@H]2[C@@H](O)[C@H](O)O[C@H](CO)[C@@H]2O)O[C@H](CO)[C@@H](O[C@@H]2O[C@H](CO)[C@H](O)[C@H](O[C@]3(C(=O)O)C[C@H](O)[C@@H](NC(C)=O)[C@H]([C@H](O)[C@H](O)CO)O3)[C@H]2O)[C@@H]1O[C@H]1O[C@H](C)[C@@H](O)[C@H](O)[C@H]1O. The molecule has 26 atom stereocenters. The first-order valence-electron chi connectivity index (χ1n) is 21.1. The van der Waals surface area contributed by atoms with Gasteiger partial charge in [0.05, 0.1) is 44.7 Å². The number of carboxylic acids is 1. The highest BCUT2D eigenvalue weighted by Crippen LogP contribution is 2.40. The first-order valence-corrected chi connectivity index (χ1v) is 21.1. The number of carbonyl (C=O) groups excluding carboxylic acids is 2. The number of aliphatic hydroxyl groups excluding tert-OH is 15. The highest BCUT2D eigenvalue weighted by molar-refractivity contribution is 5.76. The fraction of sp³-hybridized carbons (Fsp3) is 0.919. The average Bonchev–Trinajstić information content (AvgIpc) is 3.28. The molecule has 2 amide bonds. The van der Waals surface area contributed by atoms with Gasteiger partial charge in [-0.15, -0.1) is 0 Å². The van der Waals surface area contributed by atoms with Gasteiger partial charge in [-0.3, -0.25) is 9.59 Å². The summed E-state index contributed by atoms with van der Waals surface area (Å²) in [7, 11) is 0. The van der Waals surface area contributed by atoms with Crippen molar-refractivity contribution in [2.24, 2.45) is 0 Å². The van der Waals surface area contributed by atoms with E-state index in [4.69, 9.17) is 42.6 Å². The molecular formula is C37H62N2O28. The minimum Gasteiger partial charge on any atom is -0.477 e. The lowest BCUT2D eigenvalue weighted by Gasteiger charge is -2.52. The summed E-state index contributed by atoms with van der Waals surface area (Å²) in [6.45, 7) is -1.01. The molecule has 0 saturated carbocycles. The summed E-state index contributed by atoms with van der Waals surface area (Å²) in [4.78, 5) is 37.9. The molecule has 0 unspecified atom stereocenters. The number of carbonyl (C=O) groups is 3. The Kier molecular flexibility index (Phi) is 19.1. The summed E-state index contributed by atoms with van der Waals surface area (Å²) in [5.41, 5.74) is 0. The van der Waals surface area contributed by atoms with Crippen LogP contribution in [0.4, 0.5) is 0 Å². The van der Waals surface area contributed by atoms with Crippen LogP contribution >= 0.6 is 0 Å². The summed E-state index contributed by atoms with van der Waals surface area (Å²) < 4.78 is 51.7. The first-order chi connectivity index (χ1) is 31.4. The Bertz CT molecular complexity index is 1640. The molecule has 5 saturated heterocycles. The second-order valence-corrected chi connectivity index (χ2v) is 16.8. The number of aliphatic carboxylic acids is 1. The maximum Gasteiger partial charge on any atom is 0.364 e. The Morgan fingerprint density at radius 3 is 1.70 bits per heavy atom. The Morgan fingerprint density at radius 1 is 0.612 bits per heavy atom. The highest BCUT2D eigenvalue weighted by Gasteiger charge is 2.61. The zero-order chi connectivity index (χ0) is 50.0. The van der Waals surface area contributed by atoms with Gasteiger partial charge in [-0.2, -0.15) is 0 Å². The van der Waals surface area contributed by atoms with Gasteiger partial charge in [0, 0.05) is 20.3 Å². The Balaban J connectivity index is 1.55. The van der Waals surface area contributed by atoms with Crippen molar-refractivity contribution < 1.29 is 139 Å². The van der Waals surface area contributed by atoms with Crippen molar-refractivity contribution in [2.75, 3.05) is 26.4 Å². The number of carboxylic acid groups (broad SMARTS) is 1. The van der Waals surface area contributed by atoms with Gasteiger partial charge in [-0.25, -0.2) is 4.79 Å². The van der Waals surface area contributed by atoms with E-state index < -0.39 is 210 Å². The van der Waals surface area contributed by atoms with E-state index in [-0.39, 0.29) is 0 Å². The first kappa shape index (κ1) is 55.4. The van der Waals surface area contributed by atoms with Crippen LogP contribution in [-0.4, -0.2) is 285 Å². The van der Waals surface area contributed by atoms with E-state index in [1.807, 2.05) is 0 Å². The van der Waals surface area contributed by atoms with Crippen LogP contribution in [0.15, 0.2) is 0 Å². The average molecular weight is 983 g/mol.